The Morgan fingerprint density at radius 1 is 0.900 bits per heavy atom. The Labute approximate surface area is 300 Å². The van der Waals surface area contributed by atoms with E-state index in [0.717, 1.165) is 42.5 Å². The van der Waals surface area contributed by atoms with Crippen molar-refractivity contribution in [2.75, 3.05) is 58.6 Å². The largest absolute Gasteiger partial charge is 0.461 e. The molecule has 2 N–H and O–H groups in total. The van der Waals surface area contributed by atoms with Gasteiger partial charge in [0, 0.05) is 57.3 Å². The molecule has 50 heavy (non-hydrogen) atoms. The van der Waals surface area contributed by atoms with Crippen molar-refractivity contribution < 1.29 is 37.4 Å². The van der Waals surface area contributed by atoms with Crippen LogP contribution in [0.2, 0.25) is 38.3 Å². The van der Waals surface area contributed by atoms with Gasteiger partial charge in [-0.25, -0.2) is 14.4 Å². The van der Waals surface area contributed by atoms with Crippen LogP contribution in [0.25, 0.3) is 0 Å². The van der Waals surface area contributed by atoms with Crippen LogP contribution >= 0.6 is 0 Å². The fourth-order valence-electron chi connectivity index (χ4n) is 3.83. The molecule has 1 aromatic rings. The van der Waals surface area contributed by atoms with Crippen molar-refractivity contribution in [3.05, 3.63) is 91.7 Å². The van der Waals surface area contributed by atoms with Crippen molar-refractivity contribution in [2.24, 2.45) is 0 Å². The van der Waals surface area contributed by atoms with Gasteiger partial charge < -0.3 is 33.7 Å². The van der Waals surface area contributed by atoms with Gasteiger partial charge in [0.2, 0.25) is 0 Å². The predicted molar refractivity (Wildman–Crippen MR) is 202 cm³/mol. The molecule has 274 valence electrons. The summed E-state index contributed by atoms with van der Waals surface area (Å²) in [5.74, 6) is -1.01. The van der Waals surface area contributed by atoms with Gasteiger partial charge in [-0.05, 0) is 63.3 Å². The monoisotopic (exact) mass is 727 g/mol. The molecule has 2 amide bonds. The van der Waals surface area contributed by atoms with Crippen LogP contribution in [0, 0.1) is 17.6 Å². The second-order valence-corrected chi connectivity index (χ2v) is 20.6. The maximum Gasteiger partial charge on any atom is 0.330 e. The minimum Gasteiger partial charge on any atom is -0.461 e. The smallest absolute Gasteiger partial charge is 0.330 e. The normalized spacial score (nSPS) is 11.3. The predicted octanol–water partition coefficient (Wildman–Crippen LogP) is 6.02. The number of nitrogens with one attached hydrogen (secondary N) is 2. The average Bonchev–Trinajstić information content (AvgIpc) is 3.13. The topological polar surface area (TPSA) is 148 Å². The summed E-state index contributed by atoms with van der Waals surface area (Å²) < 4.78 is 24.6. The Balaban J connectivity index is 0.000000810. The summed E-state index contributed by atoms with van der Waals surface area (Å²) in [5, 5.41) is 14.0. The van der Waals surface area contributed by atoms with Gasteiger partial charge in [0.25, 0.3) is 6.26 Å². The van der Waals surface area contributed by atoms with Gasteiger partial charge in [-0.2, -0.15) is 5.26 Å². The van der Waals surface area contributed by atoms with Crippen molar-refractivity contribution in [1.29, 1.82) is 5.26 Å². The highest BCUT2D eigenvalue weighted by molar-refractivity contribution is 6.71. The second-order valence-electron chi connectivity index (χ2n) is 11.8. The fraction of sp³-hybridized carbons (Fsp3) is 0.444. The lowest BCUT2D eigenvalue weighted by Gasteiger charge is -2.25. The Kier molecular flexibility index (Phi) is 24.9. The van der Waals surface area contributed by atoms with Gasteiger partial charge in [-0.3, -0.25) is 4.90 Å². The number of nitrogens with zero attached hydrogens (tertiary/aromatic N) is 2. The number of hydrogen-bond acceptors (Lipinski definition) is 10. The zero-order valence-electron chi connectivity index (χ0n) is 30.5. The SMILES string of the molecule is C=CC(=O)OCCNC(=O)N(CCC[Si](C)(C)OC)c1ccccc1.C=CC(=O)OCCOC#N.CO[Si](C)(C)CCCNC1=CC=C[C+]=C1. The van der Waals surface area contributed by atoms with Crippen LogP contribution in [-0.2, 0) is 32.7 Å². The number of amides is 2. The maximum atomic E-state index is 12.5. The molecule has 0 aromatic heterocycles. The Hall–Kier alpha value is -4.52. The molecule has 2 rings (SSSR count). The summed E-state index contributed by atoms with van der Waals surface area (Å²) in [7, 11) is 0.557. The number of nitriles is 1. The first-order valence-electron chi connectivity index (χ1n) is 16.3. The Morgan fingerprint density at radius 3 is 2.04 bits per heavy atom. The van der Waals surface area contributed by atoms with Gasteiger partial charge in [-0.15, -0.1) is 0 Å². The average molecular weight is 728 g/mol. The summed E-state index contributed by atoms with van der Waals surface area (Å²) >= 11 is 0. The number of hydrogen-bond donors (Lipinski definition) is 2. The van der Waals surface area contributed by atoms with Crippen molar-refractivity contribution in [3.8, 4) is 6.26 Å². The molecular formula is C36H55N4O8Si2+. The molecule has 1 aliphatic rings. The number of para-hydroxylation sites is 1. The van der Waals surface area contributed by atoms with Crippen LogP contribution in [0.4, 0.5) is 10.5 Å². The van der Waals surface area contributed by atoms with Crippen LogP contribution < -0.4 is 15.5 Å². The molecule has 0 spiro atoms. The third-order valence-electron chi connectivity index (χ3n) is 7.02. The molecule has 0 bridgehead atoms. The lowest BCUT2D eigenvalue weighted by Crippen LogP contribution is -2.42. The van der Waals surface area contributed by atoms with E-state index in [1.54, 1.807) is 12.0 Å². The number of carbonyl (C=O) groups is 3. The van der Waals surface area contributed by atoms with Gasteiger partial charge in [0.05, 0.1) is 12.6 Å². The van der Waals surface area contributed by atoms with Crippen molar-refractivity contribution in [1.82, 2.24) is 10.6 Å². The van der Waals surface area contributed by atoms with Crippen molar-refractivity contribution in [3.63, 3.8) is 0 Å². The molecule has 0 aliphatic heterocycles. The zero-order chi connectivity index (χ0) is 37.7. The number of benzene rings is 1. The maximum absolute atomic E-state index is 12.5. The lowest BCUT2D eigenvalue weighted by atomic mass is 10.2. The van der Waals surface area contributed by atoms with E-state index in [2.05, 4.69) is 71.6 Å². The number of rotatable bonds is 20. The van der Waals surface area contributed by atoms with Crippen LogP contribution in [0.5, 0.6) is 0 Å². The lowest BCUT2D eigenvalue weighted by molar-refractivity contribution is -0.139. The number of allylic oxidation sites excluding steroid dienone is 5. The third kappa shape index (κ3) is 23.8. The highest BCUT2D eigenvalue weighted by atomic mass is 28.4. The second kappa shape index (κ2) is 27.3. The minimum absolute atomic E-state index is 0.0818. The van der Waals surface area contributed by atoms with E-state index in [9.17, 15) is 14.4 Å². The number of urea groups is 1. The Bertz CT molecular complexity index is 1290. The van der Waals surface area contributed by atoms with Gasteiger partial charge in [0.15, 0.2) is 16.6 Å². The molecule has 0 saturated carbocycles. The first-order chi connectivity index (χ1) is 23.8. The van der Waals surface area contributed by atoms with Gasteiger partial charge in [-0.1, -0.05) is 31.4 Å². The molecular weight excluding hydrogens is 673 g/mol. The molecule has 0 radical (unpaired) electrons. The van der Waals surface area contributed by atoms with E-state index in [1.807, 2.05) is 55.7 Å². The first kappa shape index (κ1) is 45.5. The number of esters is 2. The highest BCUT2D eigenvalue weighted by Crippen LogP contribution is 2.18. The summed E-state index contributed by atoms with van der Waals surface area (Å²) in [6, 6.07) is 11.5. The first-order valence-corrected chi connectivity index (χ1v) is 22.6. The minimum atomic E-state index is -1.65. The molecule has 1 aromatic carbocycles. The van der Waals surface area contributed by atoms with E-state index in [0.29, 0.717) is 6.54 Å². The van der Waals surface area contributed by atoms with Crippen molar-refractivity contribution in [2.45, 2.75) is 51.1 Å². The number of anilines is 1. The third-order valence-corrected chi connectivity index (χ3v) is 12.3. The molecule has 0 fully saturated rings. The van der Waals surface area contributed by atoms with Crippen LogP contribution in [0.15, 0.2) is 85.6 Å². The molecule has 12 nitrogen and oxygen atoms in total. The highest BCUT2D eigenvalue weighted by Gasteiger charge is 2.22. The summed E-state index contributed by atoms with van der Waals surface area (Å²) in [6.45, 7) is 17.5. The number of carbonyl (C=O) groups excluding carboxylic acids is 3. The van der Waals surface area contributed by atoms with Crippen LogP contribution in [-0.4, -0.2) is 88.3 Å². The van der Waals surface area contributed by atoms with E-state index >= 15 is 0 Å². The molecule has 0 heterocycles. The van der Waals surface area contributed by atoms with E-state index in [-0.39, 0.29) is 32.4 Å². The standard InChI is InChI=1S/C18H28N2O4Si.C12H20NOSi.C6H7NO3/c1-5-17(21)24-14-12-19-18(22)20(16-10-7-6-8-11-16)13-9-15-25(3,4)23-2;1-14-15(2,3)11-7-10-13-12-8-5-4-6-9-12;1-2-6(8)10-4-3-9-5-7/h5-8,10-11H,1,9,12-15H2,2-4H3,(H,19,22);4-5,8-9,13H,7,10-11H2,1-3H3;2H,1,3-4H2/q;+1;. The van der Waals surface area contributed by atoms with Gasteiger partial charge >= 0.3 is 18.0 Å². The van der Waals surface area contributed by atoms with Crippen molar-refractivity contribution >= 4 is 40.3 Å². The van der Waals surface area contributed by atoms with Crippen LogP contribution in [0.1, 0.15) is 12.8 Å². The fourth-order valence-corrected chi connectivity index (χ4v) is 6.27. The molecule has 1 aliphatic carbocycles. The zero-order valence-corrected chi connectivity index (χ0v) is 32.5. The molecule has 0 atom stereocenters. The van der Waals surface area contributed by atoms with Crippen LogP contribution in [0.3, 0.4) is 0 Å². The Morgan fingerprint density at radius 2 is 1.50 bits per heavy atom. The van der Waals surface area contributed by atoms with E-state index in [1.165, 1.54) is 18.7 Å². The summed E-state index contributed by atoms with van der Waals surface area (Å²) in [5.41, 5.74) is 1.98. The summed E-state index contributed by atoms with van der Waals surface area (Å²) in [4.78, 5) is 35.5. The van der Waals surface area contributed by atoms with E-state index < -0.39 is 28.6 Å². The molecule has 0 saturated heterocycles. The molecule has 14 heteroatoms. The van der Waals surface area contributed by atoms with Gasteiger partial charge in [0.1, 0.15) is 37.7 Å². The molecule has 0 unspecified atom stereocenters. The number of ether oxygens (including phenoxy) is 3. The van der Waals surface area contributed by atoms with E-state index in [4.69, 9.17) is 18.9 Å². The summed E-state index contributed by atoms with van der Waals surface area (Å²) in [6.07, 6.45) is 16.6. The quantitative estimate of drug-likeness (QED) is 0.0408.